The van der Waals surface area contributed by atoms with Gasteiger partial charge in [-0.1, -0.05) is 6.07 Å². The summed E-state index contributed by atoms with van der Waals surface area (Å²) in [5.41, 5.74) is 2.50. The zero-order valence-electron chi connectivity index (χ0n) is 12.1. The lowest BCUT2D eigenvalue weighted by Crippen LogP contribution is -2.17. The molecule has 0 aliphatic carbocycles. The Morgan fingerprint density at radius 2 is 2.20 bits per heavy atom. The van der Waals surface area contributed by atoms with Gasteiger partial charge in [0.05, 0.1) is 11.6 Å². The predicted molar refractivity (Wildman–Crippen MR) is 84.0 cm³/mol. The van der Waals surface area contributed by atoms with E-state index in [2.05, 4.69) is 44.5 Å². The van der Waals surface area contributed by atoms with Crippen LogP contribution in [-0.4, -0.2) is 23.9 Å². The molecule has 20 heavy (non-hydrogen) atoms. The molecule has 0 bridgehead atoms. The van der Waals surface area contributed by atoms with E-state index in [0.29, 0.717) is 6.04 Å². The molecule has 0 spiro atoms. The number of hydrogen-bond donors (Lipinski definition) is 1. The second-order valence-corrected chi connectivity index (χ2v) is 5.57. The van der Waals surface area contributed by atoms with Gasteiger partial charge in [-0.05, 0) is 59.6 Å². The molecule has 0 radical (unpaired) electrons. The van der Waals surface area contributed by atoms with E-state index in [0.717, 1.165) is 23.1 Å². The quantitative estimate of drug-likeness (QED) is 0.880. The first-order chi connectivity index (χ1) is 9.65. The summed E-state index contributed by atoms with van der Waals surface area (Å²) in [4.78, 5) is 0. The van der Waals surface area contributed by atoms with Crippen LogP contribution in [0.1, 0.15) is 23.7 Å². The standard InChI is InChI=1S/C15H20BrN3O/c1-17-14(6-5-12-8-9-18-19(12)2)11-4-7-15(20-3)13(16)10-11/h4,7-10,14,17H,5-6H2,1-3H3. The van der Waals surface area contributed by atoms with Crippen molar-refractivity contribution in [3.8, 4) is 5.75 Å². The van der Waals surface area contributed by atoms with Crippen LogP contribution in [0.4, 0.5) is 0 Å². The summed E-state index contributed by atoms with van der Waals surface area (Å²) in [7, 11) is 5.65. The highest BCUT2D eigenvalue weighted by Crippen LogP contribution is 2.29. The molecule has 0 aliphatic rings. The van der Waals surface area contributed by atoms with E-state index in [1.165, 1.54) is 11.3 Å². The van der Waals surface area contributed by atoms with Crippen molar-refractivity contribution in [2.45, 2.75) is 18.9 Å². The van der Waals surface area contributed by atoms with Crippen molar-refractivity contribution in [1.82, 2.24) is 15.1 Å². The Balaban J connectivity index is 2.08. The number of rotatable bonds is 6. The third kappa shape index (κ3) is 3.41. The van der Waals surface area contributed by atoms with E-state index in [4.69, 9.17) is 4.74 Å². The maximum atomic E-state index is 5.27. The number of halogens is 1. The molecular weight excluding hydrogens is 318 g/mol. The van der Waals surface area contributed by atoms with Crippen LogP contribution in [0.25, 0.3) is 0 Å². The Kier molecular flexibility index (Phi) is 5.20. The van der Waals surface area contributed by atoms with Crippen molar-refractivity contribution in [3.05, 3.63) is 46.2 Å². The number of nitrogens with one attached hydrogen (secondary N) is 1. The Morgan fingerprint density at radius 1 is 1.40 bits per heavy atom. The van der Waals surface area contributed by atoms with Gasteiger partial charge in [-0.3, -0.25) is 4.68 Å². The Labute approximate surface area is 128 Å². The topological polar surface area (TPSA) is 39.1 Å². The number of benzene rings is 1. The zero-order chi connectivity index (χ0) is 14.5. The number of aryl methyl sites for hydroxylation is 2. The van der Waals surface area contributed by atoms with E-state index < -0.39 is 0 Å². The van der Waals surface area contributed by atoms with Crippen molar-refractivity contribution in [1.29, 1.82) is 0 Å². The summed E-state index contributed by atoms with van der Waals surface area (Å²) < 4.78 is 8.18. The molecule has 0 saturated heterocycles. The summed E-state index contributed by atoms with van der Waals surface area (Å²) >= 11 is 3.54. The second-order valence-electron chi connectivity index (χ2n) is 4.72. The van der Waals surface area contributed by atoms with Crippen LogP contribution in [0.3, 0.4) is 0 Å². The fourth-order valence-corrected chi connectivity index (χ4v) is 2.87. The number of ether oxygens (including phenoxy) is 1. The lowest BCUT2D eigenvalue weighted by atomic mass is 10.0. The van der Waals surface area contributed by atoms with Gasteiger partial charge >= 0.3 is 0 Å². The van der Waals surface area contributed by atoms with Gasteiger partial charge in [0, 0.05) is 25.0 Å². The average molecular weight is 338 g/mol. The maximum Gasteiger partial charge on any atom is 0.133 e. The molecule has 0 aliphatic heterocycles. The van der Waals surface area contributed by atoms with E-state index in [1.54, 1.807) is 7.11 Å². The molecule has 1 heterocycles. The van der Waals surface area contributed by atoms with Gasteiger partial charge in [-0.2, -0.15) is 5.10 Å². The van der Waals surface area contributed by atoms with Gasteiger partial charge in [0.2, 0.25) is 0 Å². The van der Waals surface area contributed by atoms with Gasteiger partial charge in [0.1, 0.15) is 5.75 Å². The third-order valence-corrected chi connectivity index (χ3v) is 4.16. The summed E-state index contributed by atoms with van der Waals surface area (Å²) in [5.74, 6) is 0.857. The van der Waals surface area contributed by atoms with E-state index in [-0.39, 0.29) is 0 Å². The van der Waals surface area contributed by atoms with Crippen LogP contribution in [-0.2, 0) is 13.5 Å². The number of nitrogens with zero attached hydrogens (tertiary/aromatic N) is 2. The van der Waals surface area contributed by atoms with Crippen LogP contribution in [0, 0.1) is 0 Å². The van der Waals surface area contributed by atoms with Crippen molar-refractivity contribution >= 4 is 15.9 Å². The molecule has 108 valence electrons. The average Bonchev–Trinajstić information content (AvgIpc) is 2.85. The lowest BCUT2D eigenvalue weighted by Gasteiger charge is -2.17. The highest BCUT2D eigenvalue weighted by Gasteiger charge is 2.12. The smallest absolute Gasteiger partial charge is 0.133 e. The molecule has 1 unspecified atom stereocenters. The fourth-order valence-electron chi connectivity index (χ4n) is 2.32. The van der Waals surface area contributed by atoms with Crippen molar-refractivity contribution in [3.63, 3.8) is 0 Å². The molecular formula is C15H20BrN3O. The van der Waals surface area contributed by atoms with Gasteiger partial charge in [0.15, 0.2) is 0 Å². The fraction of sp³-hybridized carbons (Fsp3) is 0.400. The van der Waals surface area contributed by atoms with Crippen molar-refractivity contribution in [2.75, 3.05) is 14.2 Å². The summed E-state index contributed by atoms with van der Waals surface area (Å²) in [6.07, 6.45) is 3.86. The van der Waals surface area contributed by atoms with E-state index in [9.17, 15) is 0 Å². The predicted octanol–water partition coefficient (Wildman–Crippen LogP) is 3.08. The van der Waals surface area contributed by atoms with Gasteiger partial charge in [0.25, 0.3) is 0 Å². The molecule has 5 heteroatoms. The molecule has 0 saturated carbocycles. The van der Waals surface area contributed by atoms with Crippen molar-refractivity contribution < 1.29 is 4.74 Å². The molecule has 0 amide bonds. The molecule has 1 atom stereocenters. The van der Waals surface area contributed by atoms with Crippen LogP contribution in [0.2, 0.25) is 0 Å². The monoisotopic (exact) mass is 337 g/mol. The number of methoxy groups -OCH3 is 1. The maximum absolute atomic E-state index is 5.27. The van der Waals surface area contributed by atoms with Gasteiger partial charge < -0.3 is 10.1 Å². The Bertz CT molecular complexity index is 568. The zero-order valence-corrected chi connectivity index (χ0v) is 13.6. The van der Waals surface area contributed by atoms with Gasteiger partial charge in [-0.25, -0.2) is 0 Å². The molecule has 4 nitrogen and oxygen atoms in total. The molecule has 2 aromatic rings. The number of hydrogen-bond acceptors (Lipinski definition) is 3. The minimum absolute atomic E-state index is 0.312. The minimum atomic E-state index is 0.312. The van der Waals surface area contributed by atoms with Gasteiger partial charge in [-0.15, -0.1) is 0 Å². The molecule has 1 aromatic carbocycles. The van der Waals surface area contributed by atoms with Crippen molar-refractivity contribution in [2.24, 2.45) is 7.05 Å². The van der Waals surface area contributed by atoms with Crippen LogP contribution < -0.4 is 10.1 Å². The molecule has 2 rings (SSSR count). The molecule has 1 aromatic heterocycles. The molecule has 1 N–H and O–H groups in total. The first-order valence-corrected chi connectivity index (χ1v) is 7.42. The first kappa shape index (κ1) is 15.1. The second kappa shape index (κ2) is 6.90. The van der Waals surface area contributed by atoms with Crippen LogP contribution in [0.5, 0.6) is 5.75 Å². The highest BCUT2D eigenvalue weighted by atomic mass is 79.9. The van der Waals surface area contributed by atoms with Crippen LogP contribution in [0.15, 0.2) is 34.9 Å². The normalized spacial score (nSPS) is 12.4. The summed E-state index contributed by atoms with van der Waals surface area (Å²) in [6.45, 7) is 0. The SMILES string of the molecule is CNC(CCc1ccnn1C)c1ccc(OC)c(Br)c1. The lowest BCUT2D eigenvalue weighted by molar-refractivity contribution is 0.411. The number of aromatic nitrogens is 2. The summed E-state index contributed by atoms with van der Waals surface area (Å²) in [6, 6.07) is 8.59. The Morgan fingerprint density at radius 3 is 2.75 bits per heavy atom. The van der Waals surface area contributed by atoms with Crippen LogP contribution >= 0.6 is 15.9 Å². The van der Waals surface area contributed by atoms with E-state index >= 15 is 0 Å². The largest absolute Gasteiger partial charge is 0.496 e. The Hall–Kier alpha value is -1.33. The minimum Gasteiger partial charge on any atom is -0.496 e. The third-order valence-electron chi connectivity index (χ3n) is 3.54. The first-order valence-electron chi connectivity index (χ1n) is 6.63. The van der Waals surface area contributed by atoms with E-state index in [1.807, 2.05) is 31.0 Å². The molecule has 0 fully saturated rings. The highest BCUT2D eigenvalue weighted by molar-refractivity contribution is 9.10. The summed E-state index contributed by atoms with van der Waals surface area (Å²) in [5, 5.41) is 7.58.